The van der Waals surface area contributed by atoms with E-state index < -0.39 is 5.60 Å². The summed E-state index contributed by atoms with van der Waals surface area (Å²) in [5, 5.41) is 21.9. The standard InChI is InChI=1S/C27H39ClO3/c1-25-12-9-21(31-16-15-29)17-19(25)5-8-22-23(25)10-13-26(2)24(22)11-14-27(26,30)18-3-6-20(28)7-4-18/h3-4,6-7,19,21-24,29-30H,5,8-17H2,1-2H3/t19?,21?,22-,23-,24+,25+,26+,27?/m1/s1. The summed E-state index contributed by atoms with van der Waals surface area (Å²) in [5.41, 5.74) is 0.680. The molecule has 172 valence electrons. The van der Waals surface area contributed by atoms with Crippen LogP contribution in [0.5, 0.6) is 0 Å². The van der Waals surface area contributed by atoms with E-state index in [1.165, 1.54) is 25.7 Å². The number of halogens is 1. The average Bonchev–Trinajstić information content (AvgIpc) is 3.04. The Morgan fingerprint density at radius 3 is 2.45 bits per heavy atom. The topological polar surface area (TPSA) is 49.7 Å². The molecule has 0 amide bonds. The lowest BCUT2D eigenvalue weighted by Gasteiger charge is -2.61. The molecule has 4 aliphatic carbocycles. The summed E-state index contributed by atoms with van der Waals surface area (Å²) in [5.74, 6) is 2.85. The highest BCUT2D eigenvalue weighted by Crippen LogP contribution is 2.70. The first kappa shape index (κ1) is 22.2. The summed E-state index contributed by atoms with van der Waals surface area (Å²) in [6, 6.07) is 7.96. The molecule has 4 saturated carbocycles. The van der Waals surface area contributed by atoms with Crippen LogP contribution in [0.2, 0.25) is 5.02 Å². The smallest absolute Gasteiger partial charge is 0.0952 e. The van der Waals surface area contributed by atoms with Gasteiger partial charge >= 0.3 is 0 Å². The van der Waals surface area contributed by atoms with E-state index in [9.17, 15) is 5.11 Å². The quantitative estimate of drug-likeness (QED) is 0.600. The maximum Gasteiger partial charge on any atom is 0.0952 e. The number of fused-ring (bicyclic) bond motifs is 5. The van der Waals surface area contributed by atoms with Gasteiger partial charge in [0.15, 0.2) is 0 Å². The van der Waals surface area contributed by atoms with Crippen molar-refractivity contribution in [2.45, 2.75) is 83.3 Å². The van der Waals surface area contributed by atoms with E-state index in [0.29, 0.717) is 24.0 Å². The number of aliphatic hydroxyl groups excluding tert-OH is 1. The largest absolute Gasteiger partial charge is 0.394 e. The van der Waals surface area contributed by atoms with Gasteiger partial charge in [-0.05, 0) is 105 Å². The van der Waals surface area contributed by atoms with E-state index in [4.69, 9.17) is 21.4 Å². The van der Waals surface area contributed by atoms with E-state index in [2.05, 4.69) is 13.8 Å². The summed E-state index contributed by atoms with van der Waals surface area (Å²) in [6.07, 6.45) is 10.8. The predicted octanol–water partition coefficient (Wildman–Crippen LogP) is 5.95. The zero-order valence-electron chi connectivity index (χ0n) is 19.2. The monoisotopic (exact) mass is 446 g/mol. The first-order valence-electron chi connectivity index (χ1n) is 12.5. The van der Waals surface area contributed by atoms with Crippen molar-refractivity contribution in [3.05, 3.63) is 34.9 Å². The molecule has 2 N–H and O–H groups in total. The molecule has 1 aromatic rings. The second-order valence-corrected chi connectivity index (χ2v) is 11.9. The fourth-order valence-electron chi connectivity index (χ4n) is 8.81. The average molecular weight is 447 g/mol. The number of rotatable bonds is 4. The Morgan fingerprint density at radius 1 is 0.968 bits per heavy atom. The van der Waals surface area contributed by atoms with Gasteiger partial charge in [0.25, 0.3) is 0 Å². The minimum atomic E-state index is -0.735. The summed E-state index contributed by atoms with van der Waals surface area (Å²) in [6.45, 7) is 5.55. The fourth-order valence-corrected chi connectivity index (χ4v) is 8.93. The Morgan fingerprint density at radius 2 is 1.71 bits per heavy atom. The molecule has 0 radical (unpaired) electrons. The van der Waals surface area contributed by atoms with E-state index in [-0.39, 0.29) is 12.0 Å². The van der Waals surface area contributed by atoms with Crippen LogP contribution in [0.25, 0.3) is 0 Å². The van der Waals surface area contributed by atoms with Crippen molar-refractivity contribution in [1.82, 2.24) is 0 Å². The van der Waals surface area contributed by atoms with Gasteiger partial charge in [-0.1, -0.05) is 37.6 Å². The molecule has 0 aromatic heterocycles. The molecule has 4 fully saturated rings. The highest BCUT2D eigenvalue weighted by Gasteiger charge is 2.65. The molecule has 0 heterocycles. The minimum Gasteiger partial charge on any atom is -0.394 e. The first-order valence-corrected chi connectivity index (χ1v) is 12.9. The molecular formula is C27H39ClO3. The van der Waals surface area contributed by atoms with Crippen molar-refractivity contribution in [1.29, 1.82) is 0 Å². The van der Waals surface area contributed by atoms with E-state index in [0.717, 1.165) is 60.4 Å². The van der Waals surface area contributed by atoms with Crippen LogP contribution in [0, 0.1) is 34.5 Å². The van der Waals surface area contributed by atoms with Crippen molar-refractivity contribution in [2.24, 2.45) is 34.5 Å². The molecule has 0 aliphatic heterocycles. The molecule has 3 nitrogen and oxygen atoms in total. The third-order valence-electron chi connectivity index (χ3n) is 10.5. The van der Waals surface area contributed by atoms with Crippen LogP contribution in [0.3, 0.4) is 0 Å². The summed E-state index contributed by atoms with van der Waals surface area (Å²) in [7, 11) is 0. The third-order valence-corrected chi connectivity index (χ3v) is 10.8. The highest BCUT2D eigenvalue weighted by molar-refractivity contribution is 6.30. The van der Waals surface area contributed by atoms with Crippen LogP contribution < -0.4 is 0 Å². The molecule has 3 unspecified atom stereocenters. The van der Waals surface area contributed by atoms with Gasteiger partial charge in [0.2, 0.25) is 0 Å². The fraction of sp³-hybridized carbons (Fsp3) is 0.778. The van der Waals surface area contributed by atoms with Crippen LogP contribution in [-0.4, -0.2) is 29.5 Å². The second kappa shape index (κ2) is 8.01. The summed E-state index contributed by atoms with van der Waals surface area (Å²) < 4.78 is 5.94. The molecule has 8 atom stereocenters. The summed E-state index contributed by atoms with van der Waals surface area (Å²) >= 11 is 6.14. The minimum absolute atomic E-state index is 0.0490. The van der Waals surface area contributed by atoms with Crippen LogP contribution in [-0.2, 0) is 10.3 Å². The van der Waals surface area contributed by atoms with Gasteiger partial charge in [0.05, 0.1) is 24.9 Å². The van der Waals surface area contributed by atoms with Crippen LogP contribution in [0.1, 0.15) is 77.2 Å². The lowest BCUT2D eigenvalue weighted by Crippen LogP contribution is -2.56. The Labute approximate surface area is 192 Å². The Balaban J connectivity index is 1.38. The number of aliphatic hydroxyl groups is 2. The molecule has 0 bridgehead atoms. The Bertz CT molecular complexity index is 796. The number of benzene rings is 1. The second-order valence-electron chi connectivity index (χ2n) is 11.5. The number of hydrogen-bond donors (Lipinski definition) is 2. The van der Waals surface area contributed by atoms with E-state index in [1.54, 1.807) is 0 Å². The molecule has 5 rings (SSSR count). The van der Waals surface area contributed by atoms with Crippen molar-refractivity contribution < 1.29 is 14.9 Å². The van der Waals surface area contributed by atoms with Crippen LogP contribution >= 0.6 is 11.6 Å². The molecule has 4 heteroatoms. The van der Waals surface area contributed by atoms with Gasteiger partial charge in [-0.25, -0.2) is 0 Å². The van der Waals surface area contributed by atoms with Crippen molar-refractivity contribution in [2.75, 3.05) is 13.2 Å². The highest BCUT2D eigenvalue weighted by atomic mass is 35.5. The molecular weight excluding hydrogens is 408 g/mol. The zero-order chi connectivity index (χ0) is 21.9. The molecule has 1 aromatic carbocycles. The maximum absolute atomic E-state index is 12.0. The number of hydrogen-bond acceptors (Lipinski definition) is 3. The molecule has 4 aliphatic rings. The van der Waals surface area contributed by atoms with Gasteiger partial charge in [0, 0.05) is 10.4 Å². The van der Waals surface area contributed by atoms with Gasteiger partial charge < -0.3 is 14.9 Å². The first-order chi connectivity index (χ1) is 14.8. The van der Waals surface area contributed by atoms with Crippen LogP contribution in [0.4, 0.5) is 0 Å². The van der Waals surface area contributed by atoms with Gasteiger partial charge in [0.1, 0.15) is 0 Å². The normalized spacial score (nSPS) is 46.8. The van der Waals surface area contributed by atoms with E-state index in [1.807, 2.05) is 24.3 Å². The SMILES string of the molecule is C[C@]12CCC(OCCO)CC1CC[C@@H]1[C@H]2CC[C@@]2(C)[C@H]1CCC2(O)c1ccc(Cl)cc1. The van der Waals surface area contributed by atoms with Crippen molar-refractivity contribution in [3.8, 4) is 0 Å². The molecule has 31 heavy (non-hydrogen) atoms. The third kappa shape index (κ3) is 3.33. The maximum atomic E-state index is 12.0. The Kier molecular flexibility index (Phi) is 5.73. The number of ether oxygens (including phenoxy) is 1. The summed E-state index contributed by atoms with van der Waals surface area (Å²) in [4.78, 5) is 0. The van der Waals surface area contributed by atoms with Gasteiger partial charge in [-0.15, -0.1) is 0 Å². The molecule has 0 saturated heterocycles. The van der Waals surface area contributed by atoms with Crippen molar-refractivity contribution >= 4 is 11.6 Å². The zero-order valence-corrected chi connectivity index (χ0v) is 19.9. The Hall–Kier alpha value is -0.610. The lowest BCUT2D eigenvalue weighted by atomic mass is 9.44. The van der Waals surface area contributed by atoms with Gasteiger partial charge in [-0.2, -0.15) is 0 Å². The van der Waals surface area contributed by atoms with E-state index >= 15 is 0 Å². The van der Waals surface area contributed by atoms with Crippen LogP contribution in [0.15, 0.2) is 24.3 Å². The van der Waals surface area contributed by atoms with Gasteiger partial charge in [-0.3, -0.25) is 0 Å². The van der Waals surface area contributed by atoms with Crippen molar-refractivity contribution in [3.63, 3.8) is 0 Å². The predicted molar refractivity (Wildman–Crippen MR) is 124 cm³/mol. The molecule has 0 spiro atoms. The lowest BCUT2D eigenvalue weighted by molar-refractivity contribution is -0.165.